The van der Waals surface area contributed by atoms with Gasteiger partial charge >= 0.3 is 0 Å². The van der Waals surface area contributed by atoms with Crippen molar-refractivity contribution >= 4 is 27.8 Å². The number of halogens is 2. The van der Waals surface area contributed by atoms with Gasteiger partial charge in [-0.05, 0) is 82.4 Å². The van der Waals surface area contributed by atoms with Gasteiger partial charge in [-0.2, -0.15) is 0 Å². The van der Waals surface area contributed by atoms with E-state index in [1.807, 2.05) is 31.2 Å². The molecule has 0 N–H and O–H groups in total. The largest absolute Gasteiger partial charge is 0.490 e. The monoisotopic (exact) mass is 455 g/mol. The van der Waals surface area contributed by atoms with Crippen LogP contribution in [-0.4, -0.2) is 12.8 Å². The molecule has 0 atom stereocenters. The Balaban J connectivity index is 1.79. The standard InChI is InChI=1S/C24H23BrFNO2/c1-3-17-7-11-21(12-8-17)27-15-19-13-22(25)24(23(14-19)28-4-2)29-16-18-5-9-20(26)10-6-18/h5-15H,3-4,16H2,1-2H3. The van der Waals surface area contributed by atoms with Crippen LogP contribution in [-0.2, 0) is 13.0 Å². The first-order valence-electron chi connectivity index (χ1n) is 9.55. The zero-order chi connectivity index (χ0) is 20.6. The van der Waals surface area contributed by atoms with E-state index in [1.165, 1.54) is 17.7 Å². The van der Waals surface area contributed by atoms with Crippen molar-refractivity contribution in [1.29, 1.82) is 0 Å². The number of nitrogens with zero attached hydrogens (tertiary/aromatic N) is 1. The van der Waals surface area contributed by atoms with Crippen LogP contribution in [0, 0.1) is 5.82 Å². The molecule has 0 aromatic heterocycles. The van der Waals surface area contributed by atoms with Crippen LogP contribution in [0.15, 0.2) is 70.1 Å². The molecular formula is C24H23BrFNO2. The van der Waals surface area contributed by atoms with Gasteiger partial charge in [0.15, 0.2) is 11.5 Å². The van der Waals surface area contributed by atoms with E-state index in [2.05, 4.69) is 40.0 Å². The van der Waals surface area contributed by atoms with Crippen LogP contribution in [0.25, 0.3) is 0 Å². The quantitative estimate of drug-likeness (QED) is 0.346. The van der Waals surface area contributed by atoms with E-state index in [4.69, 9.17) is 9.47 Å². The molecule has 3 nitrogen and oxygen atoms in total. The molecule has 0 amide bonds. The molecule has 3 rings (SSSR count). The van der Waals surface area contributed by atoms with Gasteiger partial charge in [0.1, 0.15) is 12.4 Å². The minimum atomic E-state index is -0.266. The van der Waals surface area contributed by atoms with Crippen LogP contribution >= 0.6 is 15.9 Å². The van der Waals surface area contributed by atoms with Gasteiger partial charge in [-0.15, -0.1) is 0 Å². The van der Waals surface area contributed by atoms with Crippen LogP contribution < -0.4 is 9.47 Å². The highest BCUT2D eigenvalue weighted by atomic mass is 79.9. The van der Waals surface area contributed by atoms with E-state index in [9.17, 15) is 4.39 Å². The van der Waals surface area contributed by atoms with Gasteiger partial charge in [0.2, 0.25) is 0 Å². The lowest BCUT2D eigenvalue weighted by Gasteiger charge is -2.14. The summed E-state index contributed by atoms with van der Waals surface area (Å²) in [6.07, 6.45) is 2.81. The lowest BCUT2D eigenvalue weighted by molar-refractivity contribution is 0.267. The SMILES string of the molecule is CCOc1cc(C=Nc2ccc(CC)cc2)cc(Br)c1OCc1ccc(F)cc1. The third-order valence-electron chi connectivity index (χ3n) is 4.34. The Labute approximate surface area is 179 Å². The number of aliphatic imine (C=N–C) groups is 1. The second kappa shape index (κ2) is 10.2. The highest BCUT2D eigenvalue weighted by Gasteiger charge is 2.12. The van der Waals surface area contributed by atoms with Crippen molar-refractivity contribution in [3.05, 3.63) is 87.6 Å². The molecule has 0 heterocycles. The topological polar surface area (TPSA) is 30.8 Å². The molecule has 0 radical (unpaired) electrons. The third kappa shape index (κ3) is 5.91. The maximum absolute atomic E-state index is 13.1. The maximum atomic E-state index is 13.1. The minimum Gasteiger partial charge on any atom is -0.490 e. The third-order valence-corrected chi connectivity index (χ3v) is 4.92. The highest BCUT2D eigenvalue weighted by molar-refractivity contribution is 9.10. The average Bonchev–Trinajstić information content (AvgIpc) is 2.73. The number of rotatable bonds is 8. The zero-order valence-corrected chi connectivity index (χ0v) is 18.1. The molecule has 0 saturated heterocycles. The molecule has 0 aliphatic rings. The summed E-state index contributed by atoms with van der Waals surface area (Å²) < 4.78 is 25.6. The lowest BCUT2D eigenvalue weighted by atomic mass is 10.1. The molecule has 29 heavy (non-hydrogen) atoms. The highest BCUT2D eigenvalue weighted by Crippen LogP contribution is 2.37. The van der Waals surface area contributed by atoms with E-state index in [0.29, 0.717) is 24.7 Å². The fourth-order valence-electron chi connectivity index (χ4n) is 2.77. The van der Waals surface area contributed by atoms with E-state index >= 15 is 0 Å². The molecular weight excluding hydrogens is 433 g/mol. The Morgan fingerprint density at radius 2 is 1.62 bits per heavy atom. The first kappa shape index (κ1) is 21.1. The van der Waals surface area contributed by atoms with Crippen molar-refractivity contribution in [2.24, 2.45) is 4.99 Å². The lowest BCUT2D eigenvalue weighted by Crippen LogP contribution is -2.01. The fourth-order valence-corrected chi connectivity index (χ4v) is 3.34. The van der Waals surface area contributed by atoms with Gasteiger partial charge in [-0.1, -0.05) is 31.2 Å². The van der Waals surface area contributed by atoms with Crippen LogP contribution in [0.2, 0.25) is 0 Å². The summed E-state index contributed by atoms with van der Waals surface area (Å²) >= 11 is 3.57. The summed E-state index contributed by atoms with van der Waals surface area (Å²) in [7, 11) is 0. The summed E-state index contributed by atoms with van der Waals surface area (Å²) in [5.41, 5.74) is 3.96. The Bertz CT molecular complexity index is 969. The summed E-state index contributed by atoms with van der Waals surface area (Å²) in [6, 6.07) is 18.3. The van der Waals surface area contributed by atoms with Gasteiger partial charge in [0.05, 0.1) is 16.8 Å². The Morgan fingerprint density at radius 1 is 0.931 bits per heavy atom. The van der Waals surface area contributed by atoms with Gasteiger partial charge in [-0.25, -0.2) is 4.39 Å². The molecule has 0 fully saturated rings. The molecule has 0 saturated carbocycles. The van der Waals surface area contributed by atoms with Crippen LogP contribution in [0.3, 0.4) is 0 Å². The Hall–Kier alpha value is -2.66. The molecule has 5 heteroatoms. The van der Waals surface area contributed by atoms with Crippen molar-refractivity contribution in [1.82, 2.24) is 0 Å². The van der Waals surface area contributed by atoms with Gasteiger partial charge in [-0.3, -0.25) is 4.99 Å². The van der Waals surface area contributed by atoms with Crippen molar-refractivity contribution in [2.75, 3.05) is 6.61 Å². The zero-order valence-electron chi connectivity index (χ0n) is 16.5. The van der Waals surface area contributed by atoms with Crippen molar-refractivity contribution in [2.45, 2.75) is 26.9 Å². The van der Waals surface area contributed by atoms with Crippen molar-refractivity contribution in [3.63, 3.8) is 0 Å². The molecule has 150 valence electrons. The number of hydrogen-bond donors (Lipinski definition) is 0. The Morgan fingerprint density at radius 3 is 2.28 bits per heavy atom. The molecule has 3 aromatic rings. The maximum Gasteiger partial charge on any atom is 0.175 e. The van der Waals surface area contributed by atoms with Crippen molar-refractivity contribution in [3.8, 4) is 11.5 Å². The van der Waals surface area contributed by atoms with Crippen LogP contribution in [0.1, 0.15) is 30.5 Å². The first-order chi connectivity index (χ1) is 14.1. The number of benzene rings is 3. The van der Waals surface area contributed by atoms with Gasteiger partial charge < -0.3 is 9.47 Å². The van der Waals surface area contributed by atoms with E-state index in [0.717, 1.165) is 27.7 Å². The second-order valence-electron chi connectivity index (χ2n) is 6.46. The smallest absolute Gasteiger partial charge is 0.175 e. The summed E-state index contributed by atoms with van der Waals surface area (Å²) in [4.78, 5) is 4.55. The average molecular weight is 456 g/mol. The number of hydrogen-bond acceptors (Lipinski definition) is 3. The minimum absolute atomic E-state index is 0.266. The van der Waals surface area contributed by atoms with Crippen molar-refractivity contribution < 1.29 is 13.9 Å². The van der Waals surface area contributed by atoms with Crippen LogP contribution in [0.5, 0.6) is 11.5 Å². The summed E-state index contributed by atoms with van der Waals surface area (Å²) in [6.45, 7) is 4.88. The van der Waals surface area contributed by atoms with Gasteiger partial charge in [0, 0.05) is 6.21 Å². The first-order valence-corrected chi connectivity index (χ1v) is 10.3. The Kier molecular flexibility index (Phi) is 7.42. The molecule has 3 aromatic carbocycles. The molecule has 0 spiro atoms. The summed E-state index contributed by atoms with van der Waals surface area (Å²) in [5.74, 6) is 0.977. The second-order valence-corrected chi connectivity index (χ2v) is 7.31. The van der Waals surface area contributed by atoms with Crippen LogP contribution in [0.4, 0.5) is 10.1 Å². The van der Waals surface area contributed by atoms with E-state index < -0.39 is 0 Å². The predicted octanol–water partition coefficient (Wildman–Crippen LogP) is 6.88. The molecule has 0 aliphatic heterocycles. The number of aryl methyl sites for hydroxylation is 1. The van der Waals surface area contributed by atoms with Gasteiger partial charge in [0.25, 0.3) is 0 Å². The predicted molar refractivity (Wildman–Crippen MR) is 119 cm³/mol. The normalized spacial score (nSPS) is 11.0. The molecule has 0 bridgehead atoms. The molecule has 0 unspecified atom stereocenters. The fraction of sp³-hybridized carbons (Fsp3) is 0.208. The number of ether oxygens (including phenoxy) is 2. The van der Waals surface area contributed by atoms with E-state index in [-0.39, 0.29) is 5.82 Å². The van der Waals surface area contributed by atoms with E-state index in [1.54, 1.807) is 18.3 Å². The summed E-state index contributed by atoms with van der Waals surface area (Å²) in [5, 5.41) is 0. The molecule has 0 aliphatic carbocycles.